The Morgan fingerprint density at radius 1 is 1.26 bits per heavy atom. The molecule has 0 aromatic heterocycles. The van der Waals surface area contributed by atoms with E-state index in [1.54, 1.807) is 7.11 Å². The predicted molar refractivity (Wildman–Crippen MR) is 73.7 cm³/mol. The van der Waals surface area contributed by atoms with Crippen molar-refractivity contribution in [2.24, 2.45) is 17.8 Å². The number of nitrogens with one attached hydrogen (secondary N) is 1. The fourth-order valence-electron chi connectivity index (χ4n) is 3.15. The Bertz CT molecular complexity index is 492. The van der Waals surface area contributed by atoms with Crippen molar-refractivity contribution in [3.63, 3.8) is 0 Å². The topological polar surface area (TPSA) is 38.3 Å². The van der Waals surface area contributed by atoms with Gasteiger partial charge in [-0.05, 0) is 42.4 Å². The Labute approximate surface area is 113 Å². The van der Waals surface area contributed by atoms with Crippen molar-refractivity contribution < 1.29 is 9.53 Å². The second kappa shape index (κ2) is 5.08. The Hall–Kier alpha value is -1.77. The molecule has 0 radical (unpaired) electrons. The van der Waals surface area contributed by atoms with Crippen LogP contribution in [0.2, 0.25) is 0 Å². The maximum absolute atomic E-state index is 12.2. The highest BCUT2D eigenvalue weighted by molar-refractivity contribution is 5.80. The Balaban J connectivity index is 1.54. The molecule has 0 heterocycles. The van der Waals surface area contributed by atoms with Crippen LogP contribution in [0.4, 0.5) is 0 Å². The monoisotopic (exact) mass is 257 g/mol. The van der Waals surface area contributed by atoms with Crippen LogP contribution in [0.25, 0.3) is 0 Å². The summed E-state index contributed by atoms with van der Waals surface area (Å²) in [5.41, 5.74) is 1.10. The number of rotatable bonds is 4. The van der Waals surface area contributed by atoms with E-state index < -0.39 is 0 Å². The lowest BCUT2D eigenvalue weighted by molar-refractivity contribution is -0.125. The van der Waals surface area contributed by atoms with E-state index in [2.05, 4.69) is 17.5 Å². The first-order valence-electron chi connectivity index (χ1n) is 6.85. The average molecular weight is 257 g/mol. The van der Waals surface area contributed by atoms with Crippen LogP contribution in [0, 0.1) is 17.8 Å². The average Bonchev–Trinajstić information content (AvgIpc) is 3.08. The molecule has 1 fully saturated rings. The van der Waals surface area contributed by atoms with Gasteiger partial charge in [0.1, 0.15) is 5.75 Å². The highest BCUT2D eigenvalue weighted by Gasteiger charge is 2.39. The molecule has 3 atom stereocenters. The number of methoxy groups -OCH3 is 1. The quantitative estimate of drug-likeness (QED) is 0.842. The smallest absolute Gasteiger partial charge is 0.223 e. The molecule has 1 aromatic carbocycles. The zero-order chi connectivity index (χ0) is 13.2. The van der Waals surface area contributed by atoms with Gasteiger partial charge in [0.15, 0.2) is 0 Å². The molecule has 0 spiro atoms. The molecular formula is C16H19NO2. The van der Waals surface area contributed by atoms with E-state index in [1.807, 2.05) is 24.3 Å². The van der Waals surface area contributed by atoms with Crippen molar-refractivity contribution in [1.82, 2.24) is 5.32 Å². The lowest BCUT2D eigenvalue weighted by Crippen LogP contribution is -2.32. The molecule has 2 aliphatic carbocycles. The van der Waals surface area contributed by atoms with Crippen molar-refractivity contribution >= 4 is 5.91 Å². The van der Waals surface area contributed by atoms with E-state index in [1.165, 1.54) is 6.42 Å². The number of hydrogen-bond acceptors (Lipinski definition) is 2. The van der Waals surface area contributed by atoms with E-state index in [-0.39, 0.29) is 11.8 Å². The molecule has 0 saturated heterocycles. The molecule has 2 aliphatic rings. The van der Waals surface area contributed by atoms with Gasteiger partial charge in [0.2, 0.25) is 5.91 Å². The fraction of sp³-hybridized carbons (Fsp3) is 0.438. The second-order valence-electron chi connectivity index (χ2n) is 5.45. The SMILES string of the molecule is COc1ccc(CNC(=O)C2CC3C=CC2C3)cc1. The summed E-state index contributed by atoms with van der Waals surface area (Å²) < 4.78 is 5.11. The summed E-state index contributed by atoms with van der Waals surface area (Å²) in [6.45, 7) is 0.598. The molecule has 1 N–H and O–H groups in total. The molecule has 1 saturated carbocycles. The van der Waals surface area contributed by atoms with Crippen LogP contribution in [0.5, 0.6) is 5.75 Å². The van der Waals surface area contributed by atoms with Crippen molar-refractivity contribution in [3.05, 3.63) is 42.0 Å². The fourth-order valence-corrected chi connectivity index (χ4v) is 3.15. The van der Waals surface area contributed by atoms with Crippen LogP contribution in [0.1, 0.15) is 18.4 Å². The molecule has 1 amide bonds. The van der Waals surface area contributed by atoms with Crippen LogP contribution in [0.15, 0.2) is 36.4 Å². The van der Waals surface area contributed by atoms with Gasteiger partial charge in [0, 0.05) is 12.5 Å². The summed E-state index contributed by atoms with van der Waals surface area (Å²) in [7, 11) is 1.65. The molecule has 3 unspecified atom stereocenters. The summed E-state index contributed by atoms with van der Waals surface area (Å²) in [5.74, 6) is 2.34. The van der Waals surface area contributed by atoms with E-state index in [4.69, 9.17) is 4.74 Å². The molecule has 3 heteroatoms. The van der Waals surface area contributed by atoms with Gasteiger partial charge in [-0.25, -0.2) is 0 Å². The minimum Gasteiger partial charge on any atom is -0.497 e. The van der Waals surface area contributed by atoms with Crippen molar-refractivity contribution in [1.29, 1.82) is 0 Å². The summed E-state index contributed by atoms with van der Waals surface area (Å²) >= 11 is 0. The zero-order valence-electron chi connectivity index (χ0n) is 11.1. The van der Waals surface area contributed by atoms with Crippen LogP contribution in [-0.4, -0.2) is 13.0 Å². The van der Waals surface area contributed by atoms with E-state index in [9.17, 15) is 4.79 Å². The highest BCUT2D eigenvalue weighted by atomic mass is 16.5. The third kappa shape index (κ3) is 2.50. The lowest BCUT2D eigenvalue weighted by atomic mass is 9.93. The summed E-state index contributed by atoms with van der Waals surface area (Å²) in [6, 6.07) is 7.81. The number of ether oxygens (including phenoxy) is 1. The summed E-state index contributed by atoms with van der Waals surface area (Å²) in [4.78, 5) is 12.2. The van der Waals surface area contributed by atoms with Crippen LogP contribution in [0.3, 0.4) is 0 Å². The van der Waals surface area contributed by atoms with Crippen LogP contribution < -0.4 is 10.1 Å². The van der Waals surface area contributed by atoms with Gasteiger partial charge in [-0.3, -0.25) is 4.79 Å². The Morgan fingerprint density at radius 2 is 2.05 bits per heavy atom. The molecule has 3 rings (SSSR count). The number of allylic oxidation sites excluding steroid dienone is 2. The Kier molecular flexibility index (Phi) is 3.28. The molecule has 19 heavy (non-hydrogen) atoms. The van der Waals surface area contributed by atoms with Crippen molar-refractivity contribution in [3.8, 4) is 5.75 Å². The predicted octanol–water partition coefficient (Wildman–Crippen LogP) is 2.52. The van der Waals surface area contributed by atoms with E-state index >= 15 is 0 Å². The minimum absolute atomic E-state index is 0.188. The number of amides is 1. The summed E-state index contributed by atoms with van der Waals surface area (Å²) in [6.07, 6.45) is 6.67. The van der Waals surface area contributed by atoms with Gasteiger partial charge in [0.25, 0.3) is 0 Å². The van der Waals surface area contributed by atoms with Gasteiger partial charge < -0.3 is 10.1 Å². The first-order chi connectivity index (χ1) is 9.26. The molecule has 0 aliphatic heterocycles. The number of fused-ring (bicyclic) bond motifs is 2. The maximum Gasteiger partial charge on any atom is 0.223 e. The van der Waals surface area contributed by atoms with Gasteiger partial charge in [-0.15, -0.1) is 0 Å². The molecule has 3 nitrogen and oxygen atoms in total. The maximum atomic E-state index is 12.2. The lowest BCUT2D eigenvalue weighted by Gasteiger charge is -2.17. The Morgan fingerprint density at radius 3 is 2.63 bits per heavy atom. The van der Waals surface area contributed by atoms with E-state index in [0.29, 0.717) is 18.4 Å². The third-order valence-corrected chi connectivity index (χ3v) is 4.24. The number of benzene rings is 1. The summed E-state index contributed by atoms with van der Waals surface area (Å²) in [5, 5.41) is 3.05. The standard InChI is InChI=1S/C16H19NO2/c1-19-14-6-3-11(4-7-14)10-17-16(18)15-9-12-2-5-13(15)8-12/h2-7,12-13,15H,8-10H2,1H3,(H,17,18). The zero-order valence-corrected chi connectivity index (χ0v) is 11.1. The number of carbonyl (C=O) groups is 1. The van der Waals surface area contributed by atoms with Gasteiger partial charge >= 0.3 is 0 Å². The minimum atomic E-state index is 0.188. The first-order valence-corrected chi connectivity index (χ1v) is 6.85. The normalized spacial score (nSPS) is 27.5. The number of hydrogen-bond donors (Lipinski definition) is 1. The van der Waals surface area contributed by atoms with Gasteiger partial charge in [-0.1, -0.05) is 24.3 Å². The number of carbonyl (C=O) groups excluding carboxylic acids is 1. The molecule has 1 aromatic rings. The van der Waals surface area contributed by atoms with Crippen LogP contribution >= 0.6 is 0 Å². The second-order valence-corrected chi connectivity index (χ2v) is 5.45. The van der Waals surface area contributed by atoms with Crippen LogP contribution in [-0.2, 0) is 11.3 Å². The van der Waals surface area contributed by atoms with Gasteiger partial charge in [0.05, 0.1) is 7.11 Å². The molecular weight excluding hydrogens is 238 g/mol. The third-order valence-electron chi connectivity index (χ3n) is 4.24. The first kappa shape index (κ1) is 12.3. The van der Waals surface area contributed by atoms with Crippen molar-refractivity contribution in [2.75, 3.05) is 7.11 Å². The van der Waals surface area contributed by atoms with Crippen molar-refractivity contribution in [2.45, 2.75) is 19.4 Å². The van der Waals surface area contributed by atoms with E-state index in [0.717, 1.165) is 17.7 Å². The highest BCUT2D eigenvalue weighted by Crippen LogP contribution is 2.43. The molecule has 2 bridgehead atoms. The van der Waals surface area contributed by atoms with Gasteiger partial charge in [-0.2, -0.15) is 0 Å². The largest absolute Gasteiger partial charge is 0.497 e. The molecule has 100 valence electrons.